The SMILES string of the molecule is CCC1CCC(CN)C(N2CCN(C3CC3)CC2)C1. The van der Waals surface area contributed by atoms with Gasteiger partial charge in [0.05, 0.1) is 0 Å². The highest BCUT2D eigenvalue weighted by atomic mass is 15.3. The summed E-state index contributed by atoms with van der Waals surface area (Å²) in [6.07, 6.45) is 8.44. The molecule has 1 aliphatic heterocycles. The zero-order chi connectivity index (χ0) is 13.2. The van der Waals surface area contributed by atoms with Crippen LogP contribution in [0.5, 0.6) is 0 Å². The molecule has 0 aromatic heterocycles. The molecule has 3 fully saturated rings. The second kappa shape index (κ2) is 6.11. The summed E-state index contributed by atoms with van der Waals surface area (Å²) >= 11 is 0. The lowest BCUT2D eigenvalue weighted by molar-refractivity contribution is 0.0344. The van der Waals surface area contributed by atoms with Gasteiger partial charge in [-0.15, -0.1) is 0 Å². The van der Waals surface area contributed by atoms with Gasteiger partial charge in [0.15, 0.2) is 0 Å². The summed E-state index contributed by atoms with van der Waals surface area (Å²) in [5.74, 6) is 1.71. The van der Waals surface area contributed by atoms with E-state index in [2.05, 4.69) is 16.7 Å². The van der Waals surface area contributed by atoms with Crippen molar-refractivity contribution in [2.45, 2.75) is 57.5 Å². The van der Waals surface area contributed by atoms with Gasteiger partial charge in [0.1, 0.15) is 0 Å². The minimum absolute atomic E-state index is 0.760. The Bertz CT molecular complexity index is 282. The third-order valence-electron chi connectivity index (χ3n) is 5.83. The normalized spacial score (nSPS) is 38.5. The molecular formula is C16H31N3. The molecule has 3 heteroatoms. The van der Waals surface area contributed by atoms with E-state index in [9.17, 15) is 0 Å². The van der Waals surface area contributed by atoms with Gasteiger partial charge in [-0.2, -0.15) is 0 Å². The fraction of sp³-hybridized carbons (Fsp3) is 1.00. The van der Waals surface area contributed by atoms with Crippen molar-refractivity contribution in [2.75, 3.05) is 32.7 Å². The van der Waals surface area contributed by atoms with Crippen molar-refractivity contribution in [3.63, 3.8) is 0 Å². The van der Waals surface area contributed by atoms with Gasteiger partial charge in [-0.1, -0.05) is 19.8 Å². The smallest absolute Gasteiger partial charge is 0.0139 e. The zero-order valence-corrected chi connectivity index (χ0v) is 12.6. The summed E-state index contributed by atoms with van der Waals surface area (Å²) in [6, 6.07) is 1.73. The predicted molar refractivity (Wildman–Crippen MR) is 80.1 cm³/mol. The van der Waals surface area contributed by atoms with E-state index >= 15 is 0 Å². The van der Waals surface area contributed by atoms with Crippen LogP contribution < -0.4 is 5.73 Å². The lowest BCUT2D eigenvalue weighted by Gasteiger charge is -2.46. The van der Waals surface area contributed by atoms with Gasteiger partial charge in [0.25, 0.3) is 0 Å². The molecule has 2 aliphatic carbocycles. The molecule has 2 N–H and O–H groups in total. The largest absolute Gasteiger partial charge is 0.330 e. The van der Waals surface area contributed by atoms with Crippen LogP contribution in [0.4, 0.5) is 0 Å². The average molecular weight is 265 g/mol. The van der Waals surface area contributed by atoms with Crippen LogP contribution in [0.25, 0.3) is 0 Å². The third kappa shape index (κ3) is 3.14. The van der Waals surface area contributed by atoms with Gasteiger partial charge in [0, 0.05) is 38.3 Å². The highest BCUT2D eigenvalue weighted by molar-refractivity contribution is 4.92. The Hall–Kier alpha value is -0.120. The second-order valence-corrected chi connectivity index (χ2v) is 6.95. The molecule has 0 aromatic rings. The Morgan fingerprint density at radius 1 is 0.947 bits per heavy atom. The highest BCUT2D eigenvalue weighted by Gasteiger charge is 2.37. The van der Waals surface area contributed by atoms with Gasteiger partial charge in [-0.25, -0.2) is 0 Å². The molecule has 19 heavy (non-hydrogen) atoms. The first kappa shape index (κ1) is 13.8. The van der Waals surface area contributed by atoms with Gasteiger partial charge in [-0.05, 0) is 44.1 Å². The number of nitrogens with zero attached hydrogens (tertiary/aromatic N) is 2. The molecule has 3 nitrogen and oxygen atoms in total. The number of hydrogen-bond acceptors (Lipinski definition) is 3. The van der Waals surface area contributed by atoms with Crippen LogP contribution >= 0.6 is 0 Å². The van der Waals surface area contributed by atoms with Crippen molar-refractivity contribution in [3.8, 4) is 0 Å². The molecule has 3 rings (SSSR count). The Balaban J connectivity index is 1.56. The van der Waals surface area contributed by atoms with E-state index in [0.717, 1.165) is 30.5 Å². The molecule has 3 aliphatic rings. The Morgan fingerprint density at radius 3 is 2.21 bits per heavy atom. The van der Waals surface area contributed by atoms with E-state index in [1.54, 1.807) is 0 Å². The number of nitrogens with two attached hydrogens (primary N) is 1. The monoisotopic (exact) mass is 265 g/mol. The molecule has 3 unspecified atom stereocenters. The standard InChI is InChI=1S/C16H31N3/c1-2-13-3-4-14(12-17)16(11-13)19-9-7-18(8-10-19)15-5-6-15/h13-16H,2-12,17H2,1H3. The minimum Gasteiger partial charge on any atom is -0.330 e. The molecular weight excluding hydrogens is 234 g/mol. The van der Waals surface area contributed by atoms with Crippen LogP contribution in [0.3, 0.4) is 0 Å². The first-order valence-electron chi connectivity index (χ1n) is 8.50. The van der Waals surface area contributed by atoms with Crippen LogP contribution in [0.2, 0.25) is 0 Å². The number of hydrogen-bond donors (Lipinski definition) is 1. The van der Waals surface area contributed by atoms with Crippen LogP contribution in [0.15, 0.2) is 0 Å². The summed E-state index contributed by atoms with van der Waals surface area (Å²) in [4.78, 5) is 5.49. The fourth-order valence-electron chi connectivity index (χ4n) is 4.26. The van der Waals surface area contributed by atoms with E-state index in [1.807, 2.05) is 0 Å². The predicted octanol–water partition coefficient (Wildman–Crippen LogP) is 1.92. The highest BCUT2D eigenvalue weighted by Crippen LogP contribution is 2.35. The molecule has 0 radical (unpaired) electrons. The van der Waals surface area contributed by atoms with Crippen LogP contribution in [0.1, 0.15) is 45.4 Å². The van der Waals surface area contributed by atoms with Crippen LogP contribution in [-0.2, 0) is 0 Å². The summed E-state index contributed by atoms with van der Waals surface area (Å²) < 4.78 is 0. The quantitative estimate of drug-likeness (QED) is 0.843. The zero-order valence-electron chi connectivity index (χ0n) is 12.6. The maximum absolute atomic E-state index is 6.04. The molecule has 0 bridgehead atoms. The van der Waals surface area contributed by atoms with E-state index in [-0.39, 0.29) is 0 Å². The second-order valence-electron chi connectivity index (χ2n) is 6.95. The molecule has 110 valence electrons. The fourth-order valence-corrected chi connectivity index (χ4v) is 4.26. The van der Waals surface area contributed by atoms with Crippen molar-refractivity contribution < 1.29 is 0 Å². The van der Waals surface area contributed by atoms with Crippen LogP contribution in [0, 0.1) is 11.8 Å². The third-order valence-corrected chi connectivity index (χ3v) is 5.83. The van der Waals surface area contributed by atoms with Gasteiger partial charge < -0.3 is 5.73 Å². The number of rotatable bonds is 4. The average Bonchev–Trinajstić information content (AvgIpc) is 3.31. The molecule has 1 heterocycles. The molecule has 0 spiro atoms. The lowest BCUT2D eigenvalue weighted by Crippen LogP contribution is -2.55. The lowest BCUT2D eigenvalue weighted by atomic mass is 9.76. The molecule has 2 saturated carbocycles. The topological polar surface area (TPSA) is 32.5 Å². The summed E-state index contributed by atoms with van der Waals surface area (Å²) in [5.41, 5.74) is 6.04. The maximum Gasteiger partial charge on any atom is 0.0139 e. The summed E-state index contributed by atoms with van der Waals surface area (Å²) in [6.45, 7) is 8.42. The van der Waals surface area contributed by atoms with E-state index in [0.29, 0.717) is 0 Å². The number of piperazine rings is 1. The van der Waals surface area contributed by atoms with Crippen molar-refractivity contribution >= 4 is 0 Å². The first-order chi connectivity index (χ1) is 9.31. The maximum atomic E-state index is 6.04. The van der Waals surface area contributed by atoms with Crippen LogP contribution in [-0.4, -0.2) is 54.6 Å². The minimum atomic E-state index is 0.760. The molecule has 1 saturated heterocycles. The van der Waals surface area contributed by atoms with Gasteiger partial charge in [0.2, 0.25) is 0 Å². The van der Waals surface area contributed by atoms with E-state index in [4.69, 9.17) is 5.73 Å². The van der Waals surface area contributed by atoms with Crippen molar-refractivity contribution in [2.24, 2.45) is 17.6 Å². The molecule has 3 atom stereocenters. The van der Waals surface area contributed by atoms with E-state index in [1.165, 1.54) is 64.7 Å². The Morgan fingerprint density at radius 2 is 1.63 bits per heavy atom. The first-order valence-corrected chi connectivity index (χ1v) is 8.50. The van der Waals surface area contributed by atoms with E-state index < -0.39 is 0 Å². The van der Waals surface area contributed by atoms with Gasteiger partial charge in [-0.3, -0.25) is 9.80 Å². The molecule has 0 aromatic carbocycles. The Kier molecular flexibility index (Phi) is 4.45. The van der Waals surface area contributed by atoms with Gasteiger partial charge >= 0.3 is 0 Å². The van der Waals surface area contributed by atoms with Crippen molar-refractivity contribution in [3.05, 3.63) is 0 Å². The summed E-state index contributed by atoms with van der Waals surface area (Å²) in [5, 5.41) is 0. The summed E-state index contributed by atoms with van der Waals surface area (Å²) in [7, 11) is 0. The van der Waals surface area contributed by atoms with Crippen molar-refractivity contribution in [1.82, 2.24) is 9.80 Å². The molecule has 0 amide bonds. The Labute approximate surface area is 118 Å². The van der Waals surface area contributed by atoms with Crippen molar-refractivity contribution in [1.29, 1.82) is 0 Å².